The summed E-state index contributed by atoms with van der Waals surface area (Å²) in [5.41, 5.74) is 3.13. The van der Waals surface area contributed by atoms with Crippen LogP contribution < -0.4 is 4.90 Å². The van der Waals surface area contributed by atoms with Crippen LogP contribution in [0.1, 0.15) is 5.56 Å². The van der Waals surface area contributed by atoms with Gasteiger partial charge in [-0.15, -0.1) is 5.10 Å². The first-order valence-electron chi connectivity index (χ1n) is 8.82. The Morgan fingerprint density at radius 3 is 2.59 bits per heavy atom. The van der Waals surface area contributed by atoms with Gasteiger partial charge in [0.25, 0.3) is 0 Å². The van der Waals surface area contributed by atoms with Crippen LogP contribution in [0.2, 0.25) is 0 Å². The zero-order chi connectivity index (χ0) is 18.2. The number of pyridine rings is 1. The molecule has 0 bridgehead atoms. The van der Waals surface area contributed by atoms with E-state index in [0.29, 0.717) is 30.2 Å². The molecular formula is C20H16N6O. The summed E-state index contributed by atoms with van der Waals surface area (Å²) >= 11 is 0. The summed E-state index contributed by atoms with van der Waals surface area (Å²) < 4.78 is 7.35. The summed E-state index contributed by atoms with van der Waals surface area (Å²) in [4.78, 5) is 11.8. The molecule has 0 N–H and O–H groups in total. The Bertz CT molecular complexity index is 1170. The number of fused-ring (bicyclic) bond motifs is 3. The summed E-state index contributed by atoms with van der Waals surface area (Å²) in [5, 5.41) is 14.6. The van der Waals surface area contributed by atoms with Crippen molar-refractivity contribution < 1.29 is 4.74 Å². The number of morpholine rings is 1. The molecule has 0 aliphatic carbocycles. The number of nitriles is 1. The second-order valence-electron chi connectivity index (χ2n) is 6.39. The van der Waals surface area contributed by atoms with Crippen LogP contribution in [0.5, 0.6) is 0 Å². The molecule has 1 aliphatic rings. The lowest BCUT2D eigenvalue weighted by Crippen LogP contribution is -2.37. The Labute approximate surface area is 155 Å². The highest BCUT2D eigenvalue weighted by Crippen LogP contribution is 2.31. The second-order valence-corrected chi connectivity index (χ2v) is 6.39. The maximum absolute atomic E-state index is 9.02. The van der Waals surface area contributed by atoms with Gasteiger partial charge in [-0.25, -0.2) is 14.5 Å². The second kappa shape index (κ2) is 6.34. The number of ether oxygens (including phenoxy) is 1. The maximum Gasteiger partial charge on any atom is 0.188 e. The maximum atomic E-state index is 9.02. The van der Waals surface area contributed by atoms with Crippen molar-refractivity contribution in [2.24, 2.45) is 0 Å². The van der Waals surface area contributed by atoms with Gasteiger partial charge in [-0.3, -0.25) is 0 Å². The normalized spacial score (nSPS) is 14.6. The Balaban J connectivity index is 1.75. The third-order valence-electron chi connectivity index (χ3n) is 4.75. The van der Waals surface area contributed by atoms with E-state index in [9.17, 15) is 0 Å². The van der Waals surface area contributed by atoms with Gasteiger partial charge >= 0.3 is 0 Å². The summed E-state index contributed by atoms with van der Waals surface area (Å²) in [5.74, 6) is 1.49. The number of hydrogen-bond donors (Lipinski definition) is 0. The van der Waals surface area contributed by atoms with Gasteiger partial charge in [0.2, 0.25) is 0 Å². The Morgan fingerprint density at radius 1 is 1.00 bits per heavy atom. The molecule has 0 spiro atoms. The lowest BCUT2D eigenvalue weighted by molar-refractivity contribution is 0.122. The number of nitrogens with zero attached hydrogens (tertiary/aromatic N) is 6. The zero-order valence-corrected chi connectivity index (χ0v) is 14.5. The van der Waals surface area contributed by atoms with Crippen LogP contribution in [-0.4, -0.2) is 45.9 Å². The first-order valence-corrected chi connectivity index (χ1v) is 8.82. The van der Waals surface area contributed by atoms with E-state index in [0.717, 1.165) is 35.4 Å². The Hall–Kier alpha value is -3.50. The fourth-order valence-corrected chi connectivity index (χ4v) is 3.39. The highest BCUT2D eigenvalue weighted by Gasteiger charge is 2.21. The average Bonchev–Trinajstić information content (AvgIpc) is 3.12. The molecule has 1 aromatic carbocycles. The van der Waals surface area contributed by atoms with Gasteiger partial charge in [0.1, 0.15) is 5.82 Å². The van der Waals surface area contributed by atoms with E-state index in [1.807, 2.05) is 41.0 Å². The molecule has 7 heteroatoms. The van der Waals surface area contributed by atoms with Crippen molar-refractivity contribution in [3.63, 3.8) is 0 Å². The van der Waals surface area contributed by atoms with Gasteiger partial charge in [-0.1, -0.05) is 6.07 Å². The molecule has 3 aromatic heterocycles. The fourth-order valence-electron chi connectivity index (χ4n) is 3.39. The molecule has 0 saturated carbocycles. The van der Waals surface area contributed by atoms with Crippen molar-refractivity contribution in [2.45, 2.75) is 0 Å². The van der Waals surface area contributed by atoms with Crippen LogP contribution >= 0.6 is 0 Å². The zero-order valence-electron chi connectivity index (χ0n) is 14.5. The first kappa shape index (κ1) is 15.7. The van der Waals surface area contributed by atoms with Crippen LogP contribution in [0.25, 0.3) is 27.9 Å². The third-order valence-corrected chi connectivity index (χ3v) is 4.75. The average molecular weight is 356 g/mol. The van der Waals surface area contributed by atoms with Gasteiger partial charge in [-0.2, -0.15) is 5.26 Å². The third kappa shape index (κ3) is 2.67. The minimum absolute atomic E-state index is 0.608. The molecule has 0 radical (unpaired) electrons. The highest BCUT2D eigenvalue weighted by atomic mass is 16.5. The van der Waals surface area contributed by atoms with Gasteiger partial charge in [0.05, 0.1) is 35.7 Å². The summed E-state index contributed by atoms with van der Waals surface area (Å²) in [6.45, 7) is 2.92. The predicted molar refractivity (Wildman–Crippen MR) is 101 cm³/mol. The van der Waals surface area contributed by atoms with E-state index >= 15 is 0 Å². The molecule has 132 valence electrons. The van der Waals surface area contributed by atoms with Crippen molar-refractivity contribution in [1.82, 2.24) is 19.6 Å². The van der Waals surface area contributed by atoms with Crippen molar-refractivity contribution >= 4 is 22.4 Å². The van der Waals surface area contributed by atoms with E-state index in [-0.39, 0.29) is 0 Å². The summed E-state index contributed by atoms with van der Waals surface area (Å²) in [6, 6.07) is 15.4. The van der Waals surface area contributed by atoms with Gasteiger partial charge in [-0.05, 0) is 36.4 Å². The topological polar surface area (TPSA) is 79.3 Å². The van der Waals surface area contributed by atoms with Crippen LogP contribution in [0.15, 0.2) is 48.7 Å². The molecular weight excluding hydrogens is 340 g/mol. The number of benzene rings is 1. The van der Waals surface area contributed by atoms with Gasteiger partial charge in [0.15, 0.2) is 11.5 Å². The van der Waals surface area contributed by atoms with E-state index in [2.05, 4.69) is 16.1 Å². The SMILES string of the molecule is N#Cc1ccc(-c2nc(N3CCOCC3)c3c(n2)nn2ccccc32)cc1. The molecule has 5 rings (SSSR count). The van der Waals surface area contributed by atoms with Gasteiger partial charge < -0.3 is 9.64 Å². The monoisotopic (exact) mass is 356 g/mol. The van der Waals surface area contributed by atoms with E-state index < -0.39 is 0 Å². The lowest BCUT2D eigenvalue weighted by atomic mass is 10.1. The van der Waals surface area contributed by atoms with E-state index in [1.54, 1.807) is 12.1 Å². The molecule has 27 heavy (non-hydrogen) atoms. The summed E-state index contributed by atoms with van der Waals surface area (Å²) in [7, 11) is 0. The molecule has 0 atom stereocenters. The summed E-state index contributed by atoms with van der Waals surface area (Å²) in [6.07, 6.45) is 1.92. The number of rotatable bonds is 2. The number of aromatic nitrogens is 4. The van der Waals surface area contributed by atoms with Crippen LogP contribution in [-0.2, 0) is 4.74 Å². The fraction of sp³-hybridized carbons (Fsp3) is 0.200. The molecule has 1 saturated heterocycles. The molecule has 4 aromatic rings. The number of hydrogen-bond acceptors (Lipinski definition) is 6. The largest absolute Gasteiger partial charge is 0.378 e. The van der Waals surface area contributed by atoms with Crippen LogP contribution in [0.3, 0.4) is 0 Å². The highest BCUT2D eigenvalue weighted by molar-refractivity contribution is 6.01. The van der Waals surface area contributed by atoms with Crippen molar-refractivity contribution in [1.29, 1.82) is 5.26 Å². The first-order chi connectivity index (χ1) is 13.3. The molecule has 1 aliphatic heterocycles. The Morgan fingerprint density at radius 2 is 1.81 bits per heavy atom. The minimum atomic E-state index is 0.608. The van der Waals surface area contributed by atoms with Crippen molar-refractivity contribution in [3.8, 4) is 17.5 Å². The number of anilines is 1. The predicted octanol–water partition coefficient (Wildman–Crippen LogP) is 2.65. The lowest BCUT2D eigenvalue weighted by Gasteiger charge is -2.28. The quantitative estimate of drug-likeness (QED) is 0.549. The van der Waals surface area contributed by atoms with E-state index in [4.69, 9.17) is 20.0 Å². The standard InChI is InChI=1S/C20H16N6O/c21-13-14-4-6-15(7-5-14)18-22-19-17(16-3-1-2-8-26(16)24-19)20(23-18)25-9-11-27-12-10-25/h1-8H,9-12H2. The molecule has 0 amide bonds. The van der Waals surface area contributed by atoms with Crippen LogP contribution in [0.4, 0.5) is 5.82 Å². The van der Waals surface area contributed by atoms with Crippen molar-refractivity contribution in [2.75, 3.05) is 31.2 Å². The smallest absolute Gasteiger partial charge is 0.188 e. The van der Waals surface area contributed by atoms with Gasteiger partial charge in [0, 0.05) is 24.8 Å². The van der Waals surface area contributed by atoms with Crippen molar-refractivity contribution in [3.05, 3.63) is 54.2 Å². The molecule has 1 fully saturated rings. The molecule has 4 heterocycles. The van der Waals surface area contributed by atoms with Crippen LogP contribution in [0, 0.1) is 11.3 Å². The molecule has 0 unspecified atom stereocenters. The Kier molecular flexibility index (Phi) is 3.69. The minimum Gasteiger partial charge on any atom is -0.378 e. The molecule has 7 nitrogen and oxygen atoms in total. The van der Waals surface area contributed by atoms with E-state index in [1.165, 1.54) is 0 Å².